The van der Waals surface area contributed by atoms with Crippen molar-refractivity contribution in [2.75, 3.05) is 20.5 Å². The maximum Gasteiger partial charge on any atom is 0.244 e. The van der Waals surface area contributed by atoms with Gasteiger partial charge in [-0.2, -0.15) is 0 Å². The van der Waals surface area contributed by atoms with Crippen LogP contribution in [-0.2, 0) is 4.79 Å². The molecule has 0 bridgehead atoms. The van der Waals surface area contributed by atoms with E-state index in [0.717, 1.165) is 21.7 Å². The molecule has 0 amide bonds. The monoisotopic (exact) mass is 295 g/mol. The Bertz CT molecular complexity index is 567. The standard InChI is InChI=1S/C13H13NO3S2/c1-16-9-5-4-8(11(7-9)17-2)6-10-12(15)19-13(14-10)18-3/h4-7H,1-3H3/b10-6+. The van der Waals surface area contributed by atoms with E-state index in [2.05, 4.69) is 4.99 Å². The summed E-state index contributed by atoms with van der Waals surface area (Å²) in [6.45, 7) is 0. The molecule has 2 rings (SSSR count). The van der Waals surface area contributed by atoms with Crippen molar-refractivity contribution in [1.29, 1.82) is 0 Å². The van der Waals surface area contributed by atoms with Crippen LogP contribution in [0.25, 0.3) is 6.08 Å². The summed E-state index contributed by atoms with van der Waals surface area (Å²) in [4.78, 5) is 16.0. The molecule has 1 aromatic carbocycles. The van der Waals surface area contributed by atoms with Crippen molar-refractivity contribution in [3.63, 3.8) is 0 Å². The van der Waals surface area contributed by atoms with Crippen molar-refractivity contribution in [3.05, 3.63) is 29.5 Å². The van der Waals surface area contributed by atoms with E-state index < -0.39 is 0 Å². The number of rotatable bonds is 3. The molecular weight excluding hydrogens is 282 g/mol. The first-order chi connectivity index (χ1) is 9.17. The summed E-state index contributed by atoms with van der Waals surface area (Å²) in [5.41, 5.74) is 1.25. The highest BCUT2D eigenvalue weighted by Crippen LogP contribution is 2.32. The van der Waals surface area contributed by atoms with Gasteiger partial charge in [-0.3, -0.25) is 4.79 Å². The zero-order valence-electron chi connectivity index (χ0n) is 10.8. The molecule has 0 unspecified atom stereocenters. The summed E-state index contributed by atoms with van der Waals surface area (Å²) in [5, 5.41) is -0.0396. The van der Waals surface area contributed by atoms with Crippen LogP contribution >= 0.6 is 23.5 Å². The lowest BCUT2D eigenvalue weighted by atomic mass is 10.1. The normalized spacial score (nSPS) is 16.7. The topological polar surface area (TPSA) is 47.9 Å². The summed E-state index contributed by atoms with van der Waals surface area (Å²) < 4.78 is 11.2. The zero-order chi connectivity index (χ0) is 13.8. The first kappa shape index (κ1) is 14.0. The van der Waals surface area contributed by atoms with Crippen LogP contribution in [0.15, 0.2) is 28.9 Å². The van der Waals surface area contributed by atoms with E-state index in [0.29, 0.717) is 17.2 Å². The first-order valence-electron chi connectivity index (χ1n) is 5.46. The number of benzene rings is 1. The average molecular weight is 295 g/mol. The second-order valence-corrected chi connectivity index (χ2v) is 5.62. The Morgan fingerprint density at radius 3 is 2.68 bits per heavy atom. The SMILES string of the molecule is COc1ccc(/C=C2/N=C(SC)SC2=O)c(OC)c1. The van der Waals surface area contributed by atoms with E-state index in [1.807, 2.05) is 18.4 Å². The molecule has 1 aromatic rings. The lowest BCUT2D eigenvalue weighted by molar-refractivity contribution is -0.107. The summed E-state index contributed by atoms with van der Waals surface area (Å²) in [5.74, 6) is 1.36. The smallest absolute Gasteiger partial charge is 0.244 e. The highest BCUT2D eigenvalue weighted by atomic mass is 32.2. The van der Waals surface area contributed by atoms with Crippen LogP contribution in [-0.4, -0.2) is 30.0 Å². The van der Waals surface area contributed by atoms with E-state index in [9.17, 15) is 4.79 Å². The quantitative estimate of drug-likeness (QED) is 0.802. The Morgan fingerprint density at radius 2 is 2.11 bits per heavy atom. The number of aliphatic imine (C=N–C) groups is 1. The summed E-state index contributed by atoms with van der Waals surface area (Å²) in [6, 6.07) is 5.44. The number of ether oxygens (including phenoxy) is 2. The summed E-state index contributed by atoms with van der Waals surface area (Å²) in [6.07, 6.45) is 3.63. The molecule has 1 aliphatic rings. The lowest BCUT2D eigenvalue weighted by Gasteiger charge is -2.07. The minimum atomic E-state index is -0.0396. The van der Waals surface area contributed by atoms with Gasteiger partial charge in [0.2, 0.25) is 5.12 Å². The van der Waals surface area contributed by atoms with Gasteiger partial charge < -0.3 is 9.47 Å². The largest absolute Gasteiger partial charge is 0.497 e. The molecule has 0 saturated carbocycles. The molecule has 100 valence electrons. The lowest BCUT2D eigenvalue weighted by Crippen LogP contribution is -1.92. The molecule has 1 aliphatic heterocycles. The van der Waals surface area contributed by atoms with Crippen LogP contribution in [0.4, 0.5) is 0 Å². The van der Waals surface area contributed by atoms with E-state index in [-0.39, 0.29) is 5.12 Å². The van der Waals surface area contributed by atoms with Gasteiger partial charge in [0.15, 0.2) is 0 Å². The van der Waals surface area contributed by atoms with Gasteiger partial charge >= 0.3 is 0 Å². The maximum atomic E-state index is 11.8. The third-order valence-corrected chi connectivity index (χ3v) is 4.36. The van der Waals surface area contributed by atoms with Crippen LogP contribution in [0.2, 0.25) is 0 Å². The fourth-order valence-electron chi connectivity index (χ4n) is 1.56. The highest BCUT2D eigenvalue weighted by molar-refractivity contribution is 8.45. The van der Waals surface area contributed by atoms with Crippen LogP contribution in [0.1, 0.15) is 5.56 Å². The van der Waals surface area contributed by atoms with Gasteiger partial charge in [-0.05, 0) is 36.2 Å². The van der Waals surface area contributed by atoms with Crippen LogP contribution in [0.5, 0.6) is 11.5 Å². The molecule has 0 saturated heterocycles. The molecule has 0 atom stereocenters. The second-order valence-electron chi connectivity index (χ2n) is 3.61. The fourth-order valence-corrected chi connectivity index (χ4v) is 2.82. The van der Waals surface area contributed by atoms with Crippen molar-refractivity contribution < 1.29 is 14.3 Å². The van der Waals surface area contributed by atoms with Crippen molar-refractivity contribution >= 4 is 39.1 Å². The number of hydrogen-bond donors (Lipinski definition) is 0. The summed E-state index contributed by atoms with van der Waals surface area (Å²) in [7, 11) is 3.18. The molecule has 6 heteroatoms. The Morgan fingerprint density at radius 1 is 1.32 bits per heavy atom. The number of carbonyl (C=O) groups excluding carboxylic acids is 1. The number of carbonyl (C=O) groups is 1. The first-order valence-corrected chi connectivity index (χ1v) is 7.50. The van der Waals surface area contributed by atoms with Gasteiger partial charge in [0.1, 0.15) is 21.6 Å². The van der Waals surface area contributed by atoms with Crippen LogP contribution < -0.4 is 9.47 Å². The molecular formula is C13H13NO3S2. The third-order valence-electron chi connectivity index (χ3n) is 2.51. The average Bonchev–Trinajstić information content (AvgIpc) is 2.80. The summed E-state index contributed by atoms with van der Waals surface area (Å²) >= 11 is 2.62. The van der Waals surface area contributed by atoms with Crippen molar-refractivity contribution in [2.24, 2.45) is 4.99 Å². The van der Waals surface area contributed by atoms with Gasteiger partial charge in [0, 0.05) is 11.6 Å². The predicted octanol–water partition coefficient (Wildman–Crippen LogP) is 3.04. The molecule has 0 spiro atoms. The highest BCUT2D eigenvalue weighted by Gasteiger charge is 2.21. The van der Waals surface area contributed by atoms with Crippen LogP contribution in [0.3, 0.4) is 0 Å². The van der Waals surface area contributed by atoms with E-state index in [1.54, 1.807) is 26.4 Å². The third kappa shape index (κ3) is 3.13. The molecule has 0 N–H and O–H groups in total. The second kappa shape index (κ2) is 6.16. The van der Waals surface area contributed by atoms with Crippen LogP contribution in [0, 0.1) is 0 Å². The number of thioether (sulfide) groups is 2. The number of methoxy groups -OCH3 is 2. The van der Waals surface area contributed by atoms with Gasteiger partial charge in [0.25, 0.3) is 0 Å². The Hall–Kier alpha value is -1.40. The van der Waals surface area contributed by atoms with Gasteiger partial charge in [0.05, 0.1) is 14.2 Å². The van der Waals surface area contributed by atoms with Crippen molar-refractivity contribution in [1.82, 2.24) is 0 Å². The van der Waals surface area contributed by atoms with Crippen molar-refractivity contribution in [2.45, 2.75) is 0 Å². The Labute approximate surface area is 120 Å². The molecule has 0 fully saturated rings. The Kier molecular flexibility index (Phi) is 4.55. The molecule has 4 nitrogen and oxygen atoms in total. The Balaban J connectivity index is 2.37. The minimum absolute atomic E-state index is 0.0396. The maximum absolute atomic E-state index is 11.8. The van der Waals surface area contributed by atoms with E-state index in [4.69, 9.17) is 9.47 Å². The van der Waals surface area contributed by atoms with E-state index >= 15 is 0 Å². The van der Waals surface area contributed by atoms with Gasteiger partial charge in [-0.1, -0.05) is 0 Å². The fraction of sp³-hybridized carbons (Fsp3) is 0.231. The molecule has 1 heterocycles. The van der Waals surface area contributed by atoms with Crippen molar-refractivity contribution in [3.8, 4) is 11.5 Å². The molecule has 0 radical (unpaired) electrons. The zero-order valence-corrected chi connectivity index (χ0v) is 12.4. The number of hydrogen-bond acceptors (Lipinski definition) is 6. The predicted molar refractivity (Wildman–Crippen MR) is 81.1 cm³/mol. The molecule has 0 aliphatic carbocycles. The van der Waals surface area contributed by atoms with E-state index in [1.165, 1.54) is 11.8 Å². The minimum Gasteiger partial charge on any atom is -0.497 e. The number of nitrogens with zero attached hydrogens (tertiary/aromatic N) is 1. The molecule has 0 aromatic heterocycles. The van der Waals surface area contributed by atoms with Gasteiger partial charge in [-0.15, -0.1) is 11.8 Å². The van der Waals surface area contributed by atoms with Gasteiger partial charge in [-0.25, -0.2) is 4.99 Å². The molecule has 19 heavy (non-hydrogen) atoms.